The summed E-state index contributed by atoms with van der Waals surface area (Å²) in [6, 6.07) is 21.8. The van der Waals surface area contributed by atoms with Gasteiger partial charge in [-0.3, -0.25) is 28.8 Å². The van der Waals surface area contributed by atoms with E-state index in [1.807, 2.05) is 21.3 Å². The van der Waals surface area contributed by atoms with E-state index in [4.69, 9.17) is 4.74 Å². The lowest BCUT2D eigenvalue weighted by Gasteiger charge is -2.38. The van der Waals surface area contributed by atoms with E-state index in [0.29, 0.717) is 90.2 Å². The molecule has 0 aliphatic heterocycles. The van der Waals surface area contributed by atoms with Gasteiger partial charge in [0, 0.05) is 43.1 Å². The number of hydrogen-bond donors (Lipinski definition) is 12. The molecule has 0 spiro atoms. The van der Waals surface area contributed by atoms with Crippen LogP contribution in [0.4, 0.5) is 113 Å². The Morgan fingerprint density at radius 1 is 0.282 bits per heavy atom. The number of alkyl halides is 18. The summed E-state index contributed by atoms with van der Waals surface area (Å²) in [6.07, 6.45) is -36.8. The molecule has 0 aromatic heterocycles. The maximum atomic E-state index is 14.9. The van der Waals surface area contributed by atoms with Crippen LogP contribution in [-0.2, 0) is 25.8 Å². The highest BCUT2D eigenvalue weighted by Gasteiger charge is 2.75. The number of amides is 5. The van der Waals surface area contributed by atoms with Gasteiger partial charge in [0.1, 0.15) is 46.0 Å². The number of benzene rings is 9. The van der Waals surface area contributed by atoms with Crippen LogP contribution < -0.4 is 36.6 Å². The third-order valence-corrected chi connectivity index (χ3v) is 16.8. The number of hydrogen-bond acceptors (Lipinski definition) is 14. The summed E-state index contributed by atoms with van der Waals surface area (Å²) in [6.45, 7) is 3.21. The molecular formula is C73H54F18N6O13. The summed E-state index contributed by atoms with van der Waals surface area (Å²) in [4.78, 5) is 74.1. The fourth-order valence-corrected chi connectivity index (χ4v) is 11.6. The van der Waals surface area contributed by atoms with Gasteiger partial charge in [0.25, 0.3) is 17.7 Å². The molecule has 0 saturated heterocycles. The fourth-order valence-electron chi connectivity index (χ4n) is 11.6. The van der Waals surface area contributed by atoms with E-state index >= 15 is 0 Å². The van der Waals surface area contributed by atoms with Crippen LogP contribution in [0.2, 0.25) is 0 Å². The van der Waals surface area contributed by atoms with Gasteiger partial charge in [0.2, 0.25) is 28.1 Å². The van der Waals surface area contributed by atoms with Crippen LogP contribution >= 0.6 is 0 Å². The highest BCUT2D eigenvalue weighted by atomic mass is 19.4. The number of carbonyl (C=O) groups excluding carboxylic acids is 6. The molecule has 0 saturated carbocycles. The van der Waals surface area contributed by atoms with Crippen molar-refractivity contribution >= 4 is 69.4 Å². The Kier molecular flexibility index (Phi) is 23.2. The number of rotatable bonds is 18. The van der Waals surface area contributed by atoms with Crippen LogP contribution in [0, 0.1) is 0 Å². The smallest absolute Gasteiger partial charge is 0.411 e. The molecule has 9 aromatic rings. The Morgan fingerprint density at radius 3 is 0.745 bits per heavy atom. The minimum atomic E-state index is -6.23. The van der Waals surface area contributed by atoms with Gasteiger partial charge in [0.05, 0.1) is 34.1 Å². The summed E-state index contributed by atoms with van der Waals surface area (Å²) in [5.41, 5.74) is -29.1. The summed E-state index contributed by atoms with van der Waals surface area (Å²) < 4.78 is 272. The van der Waals surface area contributed by atoms with Crippen molar-refractivity contribution in [2.24, 2.45) is 0 Å². The van der Waals surface area contributed by atoms with Gasteiger partial charge in [-0.2, -0.15) is 79.0 Å². The van der Waals surface area contributed by atoms with Gasteiger partial charge >= 0.3 is 37.1 Å². The van der Waals surface area contributed by atoms with Crippen molar-refractivity contribution in [2.75, 3.05) is 38.9 Å². The van der Waals surface area contributed by atoms with Gasteiger partial charge in [-0.1, -0.05) is 42.5 Å². The molecule has 9 rings (SSSR count). The van der Waals surface area contributed by atoms with Crippen molar-refractivity contribution in [3.05, 3.63) is 238 Å². The predicted octanol–water partition coefficient (Wildman–Crippen LogP) is 17.5. The molecular weight excluding hydrogens is 1510 g/mol. The third-order valence-electron chi connectivity index (χ3n) is 16.8. The summed E-state index contributed by atoms with van der Waals surface area (Å²) in [5, 5.41) is 73.3. The van der Waals surface area contributed by atoms with Gasteiger partial charge in [-0.05, 0) is 180 Å². The van der Waals surface area contributed by atoms with E-state index in [-0.39, 0.29) is 47.4 Å². The van der Waals surface area contributed by atoms with Crippen molar-refractivity contribution in [3.8, 4) is 46.0 Å². The lowest BCUT2D eigenvalue weighted by Crippen LogP contribution is -2.54. The molecule has 37 heteroatoms. The topological polar surface area (TPSA) is 305 Å². The van der Waals surface area contributed by atoms with E-state index in [1.54, 1.807) is 24.3 Å². The first-order chi connectivity index (χ1) is 50.9. The van der Waals surface area contributed by atoms with Crippen LogP contribution in [0.1, 0.15) is 95.6 Å². The molecule has 12 N–H and O–H groups in total. The molecule has 110 heavy (non-hydrogen) atoms. The second kappa shape index (κ2) is 30.8. The number of nitrogens with one attached hydrogen (secondary N) is 6. The molecule has 0 fully saturated rings. The second-order valence-electron chi connectivity index (χ2n) is 23.9. The van der Waals surface area contributed by atoms with Crippen LogP contribution in [0.5, 0.6) is 46.0 Å². The first kappa shape index (κ1) is 82.8. The number of carbonyl (C=O) groups is 6. The molecule has 9 aromatic carbocycles. The van der Waals surface area contributed by atoms with Gasteiger partial charge in [-0.15, -0.1) is 0 Å². The first-order valence-electron chi connectivity index (χ1n) is 31.0. The van der Waals surface area contributed by atoms with Crippen molar-refractivity contribution in [1.82, 2.24) is 0 Å². The molecule has 0 aliphatic rings. The average Bonchev–Trinajstić information content (AvgIpc) is 0.725. The quantitative estimate of drug-likeness (QED) is 0.0216. The Labute approximate surface area is 607 Å². The standard InChI is InChI=1S/C41H30F12N4O7.C32H24F6N2O6/c1-19(58)55-27-16-23(7-11-31(27)60)37(40(48,49)50,41(51,52)53)25-9-13-33(62)29(18-25)57-35(64)21-5-3-4-20(14-21)34(63)56-28-17-24(8-12-32(28)61)36(38(42,43)44,39(45,46)47)22-6-10-30(59)26(15-22)54-2;1-17(41)19-3-9-23(10-4-19)46-24-11-5-20(6-12-24)29(45)40-26-16-22(8-14-28(26)44)30(31(33,34)35,32(36,37)38)21-7-13-27(43)25(15-21)39-18(2)42/h3-18,54,59-62H,1-2H3,(H,55,58)(H,56,63)(H,57,64);3-16,43-44H,1-2H3,(H,39,42)(H,40,45). The highest BCUT2D eigenvalue weighted by Crippen LogP contribution is 2.61. The fraction of sp³-hybridized carbons (Fsp3) is 0.178. The van der Waals surface area contributed by atoms with Gasteiger partial charge < -0.3 is 67.3 Å². The first-order valence-corrected chi connectivity index (χ1v) is 31.0. The Balaban J connectivity index is 0.000000292. The van der Waals surface area contributed by atoms with E-state index in [1.165, 1.54) is 31.2 Å². The molecule has 0 bridgehead atoms. The average molecular weight is 1570 g/mol. The predicted molar refractivity (Wildman–Crippen MR) is 359 cm³/mol. The number of aromatic hydroxyl groups is 6. The summed E-state index contributed by atoms with van der Waals surface area (Å²) >= 11 is 0. The van der Waals surface area contributed by atoms with E-state index < -0.39 is 196 Å². The van der Waals surface area contributed by atoms with Crippen LogP contribution in [-0.4, -0.2) is 110 Å². The normalized spacial score (nSPS) is 12.3. The number of ether oxygens (including phenoxy) is 1. The Hall–Kier alpha value is -12.9. The van der Waals surface area contributed by atoms with E-state index in [9.17, 15) is 138 Å². The lowest BCUT2D eigenvalue weighted by molar-refractivity contribution is -0.290. The second-order valence-corrected chi connectivity index (χ2v) is 23.9. The van der Waals surface area contributed by atoms with Crippen molar-refractivity contribution in [1.29, 1.82) is 0 Å². The number of Topliss-reactive ketones (excluding diaryl/α,β-unsaturated/α-hetero) is 1. The monoisotopic (exact) mass is 1560 g/mol. The zero-order chi connectivity index (χ0) is 82.0. The lowest BCUT2D eigenvalue weighted by atomic mass is 9.72. The Bertz CT molecular complexity index is 4980. The zero-order valence-electron chi connectivity index (χ0n) is 56.2. The van der Waals surface area contributed by atoms with Crippen LogP contribution in [0.15, 0.2) is 182 Å². The molecule has 0 aliphatic carbocycles. The number of ketones is 1. The summed E-state index contributed by atoms with van der Waals surface area (Å²) in [5.74, 6) is -10.4. The van der Waals surface area contributed by atoms with Gasteiger partial charge in [0.15, 0.2) is 5.78 Å². The van der Waals surface area contributed by atoms with Crippen molar-refractivity contribution in [3.63, 3.8) is 0 Å². The van der Waals surface area contributed by atoms with Crippen LogP contribution in [0.25, 0.3) is 0 Å². The number of phenolic OH excluding ortho intramolecular Hbond substituents is 6. The molecule has 0 unspecified atom stereocenters. The number of anilines is 6. The van der Waals surface area contributed by atoms with Crippen molar-refractivity contribution in [2.45, 2.75) is 74.1 Å². The van der Waals surface area contributed by atoms with E-state index in [0.717, 1.165) is 45.2 Å². The Morgan fingerprint density at radius 2 is 0.509 bits per heavy atom. The number of halogens is 18. The molecule has 0 atom stereocenters. The zero-order valence-corrected chi connectivity index (χ0v) is 56.2. The minimum absolute atomic E-state index is 0.0829. The molecule has 0 heterocycles. The summed E-state index contributed by atoms with van der Waals surface area (Å²) in [7, 11) is 1.11. The maximum Gasteiger partial charge on any atom is 0.411 e. The highest BCUT2D eigenvalue weighted by molar-refractivity contribution is 6.10. The molecule has 19 nitrogen and oxygen atoms in total. The largest absolute Gasteiger partial charge is 0.506 e. The van der Waals surface area contributed by atoms with Crippen molar-refractivity contribution < 1.29 is 143 Å². The number of phenols is 6. The molecule has 0 radical (unpaired) electrons. The molecule has 580 valence electrons. The van der Waals surface area contributed by atoms with Crippen LogP contribution in [0.3, 0.4) is 0 Å². The third kappa shape index (κ3) is 16.3. The maximum absolute atomic E-state index is 14.9. The SMILES string of the molecule is CC(=O)Nc1cc(C(c2ccc(O)c(NC(=O)c3ccc(Oc4ccc(C(C)=O)cc4)cc3)c2)(C(F)(F)F)C(F)(F)F)ccc1O.CNc1cc(C(c2ccc(O)c(NC(=O)c3cccc(C(=O)Nc4cc(C(c5ccc(O)c(NC(C)=O)c5)(C(F)(F)F)C(F)(F)F)ccc4O)c3)c2)(C(F)(F)F)C(F)(F)F)ccc1O. The van der Waals surface area contributed by atoms with E-state index in [2.05, 4.69) is 10.6 Å². The van der Waals surface area contributed by atoms with Gasteiger partial charge in [-0.25, -0.2) is 0 Å². The minimum Gasteiger partial charge on any atom is -0.506 e. The molecule has 5 amide bonds.